The lowest BCUT2D eigenvalue weighted by Crippen LogP contribution is -2.28. The molecule has 1 saturated heterocycles. The molecular formula is C31H30F3N3O4. The highest BCUT2D eigenvalue weighted by Crippen LogP contribution is 2.47. The van der Waals surface area contributed by atoms with Gasteiger partial charge in [-0.15, -0.1) is 0 Å². The van der Waals surface area contributed by atoms with Crippen LogP contribution in [-0.2, 0) is 9.47 Å². The van der Waals surface area contributed by atoms with E-state index in [1.807, 2.05) is 18.2 Å². The molecular weight excluding hydrogens is 535 g/mol. The number of rotatable bonds is 7. The number of halogens is 3. The topological polar surface area (TPSA) is 87.7 Å². The van der Waals surface area contributed by atoms with Crippen molar-refractivity contribution in [2.24, 2.45) is 0 Å². The van der Waals surface area contributed by atoms with Crippen LogP contribution in [-0.4, -0.2) is 36.2 Å². The number of hydrogen-bond acceptors (Lipinski definition) is 5. The molecule has 3 N–H and O–H groups in total. The molecule has 1 atom stereocenters. The number of benzene rings is 3. The fourth-order valence-electron chi connectivity index (χ4n) is 5.30. The van der Waals surface area contributed by atoms with Crippen molar-refractivity contribution in [3.63, 3.8) is 0 Å². The number of fused-ring (bicyclic) bond motifs is 1. The van der Waals surface area contributed by atoms with Crippen LogP contribution in [0.1, 0.15) is 43.4 Å². The SMILES string of the molecule is Nc1c(-c2ccc(NC(=O)OC(c3ccccc3)C(F)(F)F)cc2)n(C2CC2)c2cc(OC3CCOCC3)ccc12. The van der Waals surface area contributed by atoms with E-state index in [1.165, 1.54) is 24.3 Å². The van der Waals surface area contributed by atoms with Crippen LogP contribution in [0.15, 0.2) is 72.8 Å². The van der Waals surface area contributed by atoms with Crippen molar-refractivity contribution in [2.75, 3.05) is 24.3 Å². The van der Waals surface area contributed by atoms with Gasteiger partial charge in [-0.1, -0.05) is 42.5 Å². The third kappa shape index (κ3) is 5.83. The lowest BCUT2D eigenvalue weighted by molar-refractivity contribution is -0.205. The number of anilines is 2. The summed E-state index contributed by atoms with van der Waals surface area (Å²) in [5, 5.41) is 3.33. The van der Waals surface area contributed by atoms with Crippen molar-refractivity contribution in [1.29, 1.82) is 0 Å². The predicted molar refractivity (Wildman–Crippen MR) is 150 cm³/mol. The second kappa shape index (κ2) is 11.0. The Morgan fingerprint density at radius 2 is 1.68 bits per heavy atom. The molecule has 0 bridgehead atoms. The highest BCUT2D eigenvalue weighted by molar-refractivity contribution is 6.02. The molecule has 10 heteroatoms. The molecule has 3 aromatic carbocycles. The monoisotopic (exact) mass is 565 g/mol. The normalized spacial score (nSPS) is 16.9. The Morgan fingerprint density at radius 1 is 0.976 bits per heavy atom. The molecule has 2 aliphatic rings. The highest BCUT2D eigenvalue weighted by atomic mass is 19.4. The number of nitrogens with zero attached hydrogens (tertiary/aromatic N) is 1. The lowest BCUT2D eigenvalue weighted by Gasteiger charge is -2.23. The largest absolute Gasteiger partial charge is 0.490 e. The quantitative estimate of drug-likeness (QED) is 0.241. The molecule has 2 heterocycles. The first-order valence-corrected chi connectivity index (χ1v) is 13.7. The number of nitrogens with two attached hydrogens (primary N) is 1. The summed E-state index contributed by atoms with van der Waals surface area (Å²) in [6.45, 7) is 1.39. The number of carbonyl (C=O) groups excluding carboxylic acids is 1. The molecule has 1 aliphatic carbocycles. The molecule has 7 nitrogen and oxygen atoms in total. The first-order chi connectivity index (χ1) is 19.8. The molecule has 1 amide bonds. The van der Waals surface area contributed by atoms with Crippen LogP contribution >= 0.6 is 0 Å². The number of ether oxygens (including phenoxy) is 3. The first-order valence-electron chi connectivity index (χ1n) is 13.7. The van der Waals surface area contributed by atoms with Crippen molar-refractivity contribution in [1.82, 2.24) is 4.57 Å². The van der Waals surface area contributed by atoms with Crippen LogP contribution in [0.25, 0.3) is 22.2 Å². The van der Waals surface area contributed by atoms with Crippen molar-refractivity contribution < 1.29 is 32.2 Å². The predicted octanol–water partition coefficient (Wildman–Crippen LogP) is 7.64. The van der Waals surface area contributed by atoms with Gasteiger partial charge in [0, 0.05) is 47.2 Å². The molecule has 4 aromatic rings. The summed E-state index contributed by atoms with van der Waals surface area (Å²) in [5.41, 5.74) is 10.1. The van der Waals surface area contributed by atoms with E-state index >= 15 is 0 Å². The van der Waals surface area contributed by atoms with Gasteiger partial charge in [0.25, 0.3) is 0 Å². The molecule has 214 valence electrons. The van der Waals surface area contributed by atoms with Crippen LogP contribution in [0.5, 0.6) is 5.75 Å². The zero-order valence-corrected chi connectivity index (χ0v) is 22.2. The van der Waals surface area contributed by atoms with Gasteiger partial charge in [-0.05, 0) is 37.1 Å². The van der Waals surface area contributed by atoms with E-state index < -0.39 is 18.4 Å². The van der Waals surface area contributed by atoms with Gasteiger partial charge < -0.3 is 24.5 Å². The summed E-state index contributed by atoms with van der Waals surface area (Å²) < 4.78 is 59.5. The average molecular weight is 566 g/mol. The number of alkyl halides is 3. The van der Waals surface area contributed by atoms with Crippen molar-refractivity contribution in [2.45, 2.75) is 50.1 Å². The minimum Gasteiger partial charge on any atom is -0.490 e. The van der Waals surface area contributed by atoms with Crippen LogP contribution in [0.3, 0.4) is 0 Å². The van der Waals surface area contributed by atoms with Crippen LogP contribution in [0, 0.1) is 0 Å². The Labute approximate surface area is 235 Å². The van der Waals surface area contributed by atoms with Gasteiger partial charge in [0.15, 0.2) is 0 Å². The Balaban J connectivity index is 1.23. The van der Waals surface area contributed by atoms with Crippen molar-refractivity contribution in [3.05, 3.63) is 78.4 Å². The summed E-state index contributed by atoms with van der Waals surface area (Å²) >= 11 is 0. The van der Waals surface area contributed by atoms with E-state index in [1.54, 1.807) is 30.3 Å². The van der Waals surface area contributed by atoms with Gasteiger partial charge in [-0.3, -0.25) is 5.32 Å². The van der Waals surface area contributed by atoms with E-state index in [0.717, 1.165) is 53.6 Å². The Kier molecular flexibility index (Phi) is 7.25. The molecule has 1 aromatic heterocycles. The van der Waals surface area contributed by atoms with Gasteiger partial charge in [0.05, 0.1) is 30.1 Å². The van der Waals surface area contributed by atoms with Crippen LogP contribution in [0.2, 0.25) is 0 Å². The smallest absolute Gasteiger partial charge is 0.429 e. The Bertz CT molecular complexity index is 1530. The van der Waals surface area contributed by atoms with Crippen LogP contribution in [0.4, 0.5) is 29.3 Å². The summed E-state index contributed by atoms with van der Waals surface area (Å²) in [5.74, 6) is 0.793. The number of carbonyl (C=O) groups is 1. The second-order valence-electron chi connectivity index (χ2n) is 10.4. The fourth-order valence-corrected chi connectivity index (χ4v) is 5.30. The van der Waals surface area contributed by atoms with E-state index in [4.69, 9.17) is 19.9 Å². The number of hydrogen-bond donors (Lipinski definition) is 2. The van der Waals surface area contributed by atoms with Gasteiger partial charge in [-0.2, -0.15) is 13.2 Å². The molecule has 1 unspecified atom stereocenters. The molecule has 41 heavy (non-hydrogen) atoms. The number of aromatic nitrogens is 1. The van der Waals surface area contributed by atoms with Gasteiger partial charge >= 0.3 is 12.3 Å². The summed E-state index contributed by atoms with van der Waals surface area (Å²) in [4.78, 5) is 12.4. The van der Waals surface area contributed by atoms with Gasteiger partial charge in [0.2, 0.25) is 6.10 Å². The van der Waals surface area contributed by atoms with E-state index in [2.05, 4.69) is 9.88 Å². The molecule has 1 saturated carbocycles. The van der Waals surface area contributed by atoms with Crippen molar-refractivity contribution >= 4 is 28.4 Å². The molecule has 1 aliphatic heterocycles. The maximum atomic E-state index is 13.6. The second-order valence-corrected chi connectivity index (χ2v) is 10.4. The minimum absolute atomic E-state index is 0.119. The van der Waals surface area contributed by atoms with E-state index in [-0.39, 0.29) is 11.7 Å². The lowest BCUT2D eigenvalue weighted by atomic mass is 10.1. The molecule has 0 radical (unpaired) electrons. The summed E-state index contributed by atoms with van der Waals surface area (Å²) in [6, 6.07) is 20.1. The maximum absolute atomic E-state index is 13.6. The molecule has 0 spiro atoms. The Morgan fingerprint density at radius 3 is 2.34 bits per heavy atom. The zero-order valence-electron chi connectivity index (χ0n) is 22.2. The summed E-state index contributed by atoms with van der Waals surface area (Å²) in [7, 11) is 0. The molecule has 2 fully saturated rings. The van der Waals surface area contributed by atoms with E-state index in [9.17, 15) is 18.0 Å². The highest BCUT2D eigenvalue weighted by Gasteiger charge is 2.44. The standard InChI is InChI=1S/C31H30F3N3O4/c32-31(33,34)29(20-4-2-1-3-5-20)41-30(38)36-21-8-6-19(7-9-21)28-27(35)25-13-12-24(40-23-14-16-39-17-15-23)18-26(25)37(28)22-10-11-22/h1-9,12-13,18,22-23,29H,10-11,14-17,35H2,(H,36,38). The first kappa shape index (κ1) is 27.0. The number of amides is 1. The molecule has 6 rings (SSSR count). The zero-order chi connectivity index (χ0) is 28.6. The summed E-state index contributed by atoms with van der Waals surface area (Å²) in [6.07, 6.45) is -4.44. The van der Waals surface area contributed by atoms with Crippen LogP contribution < -0.4 is 15.8 Å². The average Bonchev–Trinajstić information content (AvgIpc) is 3.76. The third-order valence-electron chi connectivity index (χ3n) is 7.43. The third-order valence-corrected chi connectivity index (χ3v) is 7.43. The minimum atomic E-state index is -4.76. The fraction of sp³-hybridized carbons (Fsp3) is 0.323. The Hall–Kier alpha value is -4.18. The number of nitrogen functional groups attached to an aromatic ring is 1. The van der Waals surface area contributed by atoms with E-state index in [0.29, 0.717) is 30.6 Å². The van der Waals surface area contributed by atoms with Gasteiger partial charge in [0.1, 0.15) is 11.9 Å². The van der Waals surface area contributed by atoms with Gasteiger partial charge in [-0.25, -0.2) is 4.79 Å². The van der Waals surface area contributed by atoms with Crippen molar-refractivity contribution in [3.8, 4) is 17.0 Å². The maximum Gasteiger partial charge on any atom is 0.429 e. The number of nitrogens with one attached hydrogen (secondary N) is 1.